The predicted octanol–water partition coefficient (Wildman–Crippen LogP) is 3.86. The van der Waals surface area contributed by atoms with E-state index >= 15 is 0 Å². The maximum Gasteiger partial charge on any atom is 0.331 e. The van der Waals surface area contributed by atoms with Gasteiger partial charge in [0.25, 0.3) is 0 Å². The summed E-state index contributed by atoms with van der Waals surface area (Å²) in [7, 11) is 0. The van der Waals surface area contributed by atoms with Crippen LogP contribution in [0.4, 0.5) is 0 Å². The second-order valence-corrected chi connectivity index (χ2v) is 6.95. The summed E-state index contributed by atoms with van der Waals surface area (Å²) >= 11 is 6.34. The number of hydrogen-bond donors (Lipinski definition) is 0. The molecule has 0 radical (unpaired) electrons. The van der Waals surface area contributed by atoms with E-state index in [1.807, 2.05) is 6.92 Å². The summed E-state index contributed by atoms with van der Waals surface area (Å²) in [4.78, 5) is 24.3. The van der Waals surface area contributed by atoms with Gasteiger partial charge in [-0.05, 0) is 37.6 Å². The first-order valence-corrected chi connectivity index (χ1v) is 9.88. The van der Waals surface area contributed by atoms with Crippen molar-refractivity contribution in [1.82, 2.24) is 9.78 Å². The zero-order chi connectivity index (χ0) is 20.8. The van der Waals surface area contributed by atoms with Crippen LogP contribution in [0.15, 0.2) is 24.3 Å². The van der Waals surface area contributed by atoms with Gasteiger partial charge in [0.05, 0.1) is 5.69 Å². The lowest BCUT2D eigenvalue weighted by atomic mass is 10.1. The van der Waals surface area contributed by atoms with Crippen molar-refractivity contribution in [3.8, 4) is 11.5 Å². The molecule has 0 unspecified atom stereocenters. The molecule has 0 bridgehead atoms. The SMILES string of the molecule is CCCCn1nc(C)c(/C=C/C(=O)OCC(=O)c2ccc3c(c2)OCCO3)c1Cl. The Morgan fingerprint density at radius 3 is 2.79 bits per heavy atom. The number of halogens is 1. The normalized spacial score (nSPS) is 12.9. The molecule has 1 aromatic carbocycles. The molecule has 1 aliphatic rings. The molecule has 29 heavy (non-hydrogen) atoms. The Labute approximate surface area is 174 Å². The van der Waals surface area contributed by atoms with E-state index in [9.17, 15) is 9.59 Å². The molecule has 0 fully saturated rings. The van der Waals surface area contributed by atoms with Gasteiger partial charge in [0, 0.05) is 23.7 Å². The van der Waals surface area contributed by atoms with Crippen LogP contribution >= 0.6 is 11.6 Å². The Morgan fingerprint density at radius 2 is 2.03 bits per heavy atom. The summed E-state index contributed by atoms with van der Waals surface area (Å²) in [6, 6.07) is 4.88. The van der Waals surface area contributed by atoms with E-state index in [1.165, 1.54) is 6.08 Å². The number of ketones is 1. The molecule has 7 nitrogen and oxygen atoms in total. The lowest BCUT2D eigenvalue weighted by Crippen LogP contribution is -2.17. The van der Waals surface area contributed by atoms with E-state index < -0.39 is 5.97 Å². The molecule has 0 spiro atoms. The van der Waals surface area contributed by atoms with Crippen molar-refractivity contribution >= 4 is 29.4 Å². The van der Waals surface area contributed by atoms with Crippen molar-refractivity contribution < 1.29 is 23.8 Å². The first-order valence-electron chi connectivity index (χ1n) is 9.50. The average Bonchev–Trinajstić information content (AvgIpc) is 3.01. The maximum absolute atomic E-state index is 12.3. The third kappa shape index (κ3) is 5.17. The smallest absolute Gasteiger partial charge is 0.331 e. The standard InChI is InChI=1S/C21H23ClN2O5/c1-3-4-9-24-21(22)16(14(2)23-24)6-8-20(26)29-13-17(25)15-5-7-18-19(12-15)28-11-10-27-18/h5-8,12H,3-4,9-11,13H2,1-2H3/b8-6+. The van der Waals surface area contributed by atoms with Gasteiger partial charge < -0.3 is 14.2 Å². The first kappa shape index (κ1) is 20.9. The highest BCUT2D eigenvalue weighted by Gasteiger charge is 2.16. The number of esters is 1. The van der Waals surface area contributed by atoms with Gasteiger partial charge >= 0.3 is 5.97 Å². The number of aryl methyl sites for hydroxylation is 2. The van der Waals surface area contributed by atoms with E-state index in [0.29, 0.717) is 41.0 Å². The van der Waals surface area contributed by atoms with Crippen LogP contribution in [0.1, 0.15) is 41.4 Å². The topological polar surface area (TPSA) is 79.7 Å². The number of benzene rings is 1. The molecule has 154 valence electrons. The van der Waals surface area contributed by atoms with Crippen LogP contribution in [0.25, 0.3) is 6.08 Å². The highest BCUT2D eigenvalue weighted by molar-refractivity contribution is 6.31. The number of nitrogens with zero attached hydrogens (tertiary/aromatic N) is 2. The van der Waals surface area contributed by atoms with Crippen molar-refractivity contribution in [1.29, 1.82) is 0 Å². The summed E-state index contributed by atoms with van der Waals surface area (Å²) < 4.78 is 17.7. The van der Waals surface area contributed by atoms with Gasteiger partial charge in [-0.25, -0.2) is 4.79 Å². The molecule has 0 amide bonds. The monoisotopic (exact) mass is 418 g/mol. The van der Waals surface area contributed by atoms with Gasteiger partial charge in [-0.3, -0.25) is 9.48 Å². The van der Waals surface area contributed by atoms with Crippen LogP contribution in [0.3, 0.4) is 0 Å². The summed E-state index contributed by atoms with van der Waals surface area (Å²) in [6.45, 7) is 5.18. The minimum absolute atomic E-state index is 0.328. The molecule has 2 aromatic rings. The predicted molar refractivity (Wildman–Crippen MR) is 109 cm³/mol. The van der Waals surface area contributed by atoms with Crippen molar-refractivity contribution in [3.63, 3.8) is 0 Å². The number of carbonyl (C=O) groups is 2. The van der Waals surface area contributed by atoms with E-state index in [4.69, 9.17) is 25.8 Å². The Balaban J connectivity index is 1.57. The van der Waals surface area contributed by atoms with Gasteiger partial charge in [-0.1, -0.05) is 24.9 Å². The van der Waals surface area contributed by atoms with E-state index in [1.54, 1.807) is 29.0 Å². The van der Waals surface area contributed by atoms with Crippen LogP contribution < -0.4 is 9.47 Å². The zero-order valence-electron chi connectivity index (χ0n) is 16.4. The van der Waals surface area contributed by atoms with Gasteiger partial charge in [0.2, 0.25) is 0 Å². The molecule has 0 aliphatic carbocycles. The van der Waals surface area contributed by atoms with Gasteiger partial charge in [-0.2, -0.15) is 5.10 Å². The van der Waals surface area contributed by atoms with Crippen molar-refractivity contribution in [2.24, 2.45) is 0 Å². The number of fused-ring (bicyclic) bond motifs is 1. The quantitative estimate of drug-likeness (QED) is 0.368. The molecule has 0 N–H and O–H groups in total. The summed E-state index contributed by atoms with van der Waals surface area (Å²) in [5, 5.41) is 4.86. The summed E-state index contributed by atoms with van der Waals surface area (Å²) in [6.07, 6.45) is 4.80. The molecule has 0 saturated heterocycles. The fraction of sp³-hybridized carbons (Fsp3) is 0.381. The number of ether oxygens (including phenoxy) is 3. The molecule has 2 heterocycles. The van der Waals surface area contributed by atoms with Crippen LogP contribution in [-0.4, -0.2) is 41.4 Å². The number of carbonyl (C=O) groups excluding carboxylic acids is 2. The average molecular weight is 419 g/mol. The van der Waals surface area contributed by atoms with Gasteiger partial charge in [0.1, 0.15) is 18.4 Å². The Hall–Kier alpha value is -2.80. The van der Waals surface area contributed by atoms with Crippen molar-refractivity contribution in [2.45, 2.75) is 33.2 Å². The molecule has 3 rings (SSSR count). The lowest BCUT2D eigenvalue weighted by Gasteiger charge is -2.18. The van der Waals surface area contributed by atoms with Gasteiger partial charge in [0.15, 0.2) is 23.9 Å². The van der Waals surface area contributed by atoms with Crippen LogP contribution in [0, 0.1) is 6.92 Å². The third-order valence-corrected chi connectivity index (χ3v) is 4.83. The lowest BCUT2D eigenvalue weighted by molar-refractivity contribution is -0.136. The van der Waals surface area contributed by atoms with Crippen LogP contribution in [0.2, 0.25) is 5.15 Å². The van der Waals surface area contributed by atoms with Crippen molar-refractivity contribution in [3.05, 3.63) is 46.2 Å². The minimum atomic E-state index is -0.632. The molecule has 1 aromatic heterocycles. The largest absolute Gasteiger partial charge is 0.486 e. The minimum Gasteiger partial charge on any atom is -0.486 e. The Kier molecular flexibility index (Phi) is 6.93. The second kappa shape index (κ2) is 9.60. The fourth-order valence-corrected chi connectivity index (χ4v) is 3.17. The molecular weight excluding hydrogens is 396 g/mol. The number of aromatic nitrogens is 2. The number of Topliss-reactive ketones (excluding diaryl/α,β-unsaturated/α-hetero) is 1. The zero-order valence-corrected chi connectivity index (χ0v) is 17.2. The molecular formula is C21H23ClN2O5. The summed E-state index contributed by atoms with van der Waals surface area (Å²) in [5.41, 5.74) is 1.78. The molecule has 8 heteroatoms. The second-order valence-electron chi connectivity index (χ2n) is 6.59. The maximum atomic E-state index is 12.3. The van der Waals surface area contributed by atoms with E-state index in [-0.39, 0.29) is 12.4 Å². The van der Waals surface area contributed by atoms with E-state index in [0.717, 1.165) is 25.1 Å². The van der Waals surface area contributed by atoms with Gasteiger partial charge in [-0.15, -0.1) is 0 Å². The van der Waals surface area contributed by atoms with E-state index in [2.05, 4.69) is 12.0 Å². The first-order chi connectivity index (χ1) is 14.0. The molecule has 0 saturated carbocycles. The molecule has 0 atom stereocenters. The Bertz CT molecular complexity index is 935. The fourth-order valence-electron chi connectivity index (χ4n) is 2.85. The number of rotatable bonds is 8. The molecule has 1 aliphatic heterocycles. The van der Waals surface area contributed by atoms with Crippen molar-refractivity contribution in [2.75, 3.05) is 19.8 Å². The summed E-state index contributed by atoms with van der Waals surface area (Å²) in [5.74, 6) is 0.149. The third-order valence-electron chi connectivity index (χ3n) is 4.43. The highest BCUT2D eigenvalue weighted by atomic mass is 35.5. The van der Waals surface area contributed by atoms with Crippen LogP contribution in [0.5, 0.6) is 11.5 Å². The van der Waals surface area contributed by atoms with Crippen LogP contribution in [-0.2, 0) is 16.1 Å². The number of unbranched alkanes of at least 4 members (excludes halogenated alkanes) is 1. The highest BCUT2D eigenvalue weighted by Crippen LogP contribution is 2.30. The Morgan fingerprint density at radius 1 is 1.28 bits per heavy atom. The number of hydrogen-bond acceptors (Lipinski definition) is 6.